The van der Waals surface area contributed by atoms with E-state index in [9.17, 15) is 4.79 Å². The summed E-state index contributed by atoms with van der Waals surface area (Å²) in [5.74, 6) is 0. The molecule has 4 nitrogen and oxygen atoms in total. The maximum atomic E-state index is 12.0. The Morgan fingerprint density at radius 1 is 1.47 bits per heavy atom. The number of hydrogen-bond acceptors (Lipinski definition) is 2. The molecule has 0 saturated carbocycles. The Morgan fingerprint density at radius 3 is 3.00 bits per heavy atom. The minimum atomic E-state index is -0.0117. The summed E-state index contributed by atoms with van der Waals surface area (Å²) in [6.07, 6.45) is 0.944. The highest BCUT2D eigenvalue weighted by molar-refractivity contribution is 5.74. The summed E-state index contributed by atoms with van der Waals surface area (Å²) in [4.78, 5) is 13.8. The van der Waals surface area contributed by atoms with Crippen LogP contribution >= 0.6 is 0 Å². The van der Waals surface area contributed by atoms with Crippen molar-refractivity contribution in [3.63, 3.8) is 0 Å². The summed E-state index contributed by atoms with van der Waals surface area (Å²) in [6, 6.07) is 8.21. The maximum Gasteiger partial charge on any atom is 0.317 e. The van der Waals surface area contributed by atoms with Crippen molar-refractivity contribution in [1.29, 1.82) is 0 Å². The summed E-state index contributed by atoms with van der Waals surface area (Å²) in [6.45, 7) is 6.74. The van der Waals surface area contributed by atoms with Crippen molar-refractivity contribution in [3.05, 3.63) is 35.4 Å². The molecule has 0 aromatic heterocycles. The van der Waals surface area contributed by atoms with Crippen LogP contribution in [-0.4, -0.2) is 37.2 Å². The lowest BCUT2D eigenvalue weighted by molar-refractivity contribution is -0.0157. The van der Waals surface area contributed by atoms with E-state index in [4.69, 9.17) is 4.74 Å². The van der Waals surface area contributed by atoms with E-state index in [1.807, 2.05) is 17.0 Å². The quantitative estimate of drug-likeness (QED) is 0.909. The average Bonchev–Trinajstić information content (AvgIpc) is 2.45. The Morgan fingerprint density at radius 2 is 2.26 bits per heavy atom. The Labute approximate surface area is 114 Å². The van der Waals surface area contributed by atoms with Crippen molar-refractivity contribution < 1.29 is 9.53 Å². The first kappa shape index (κ1) is 13.9. The second-order valence-corrected chi connectivity index (χ2v) is 4.89. The minimum Gasteiger partial charge on any atom is -0.370 e. The Bertz CT molecular complexity index is 434. The molecule has 0 spiro atoms. The highest BCUT2D eigenvalue weighted by Gasteiger charge is 2.25. The first-order valence-corrected chi connectivity index (χ1v) is 6.92. The number of hydrogen-bond donors (Lipinski definition) is 1. The second-order valence-electron chi connectivity index (χ2n) is 4.89. The first-order valence-electron chi connectivity index (χ1n) is 6.92. The smallest absolute Gasteiger partial charge is 0.317 e. The van der Waals surface area contributed by atoms with Crippen LogP contribution in [0.1, 0.15) is 30.6 Å². The largest absolute Gasteiger partial charge is 0.370 e. The van der Waals surface area contributed by atoms with E-state index in [1.54, 1.807) is 0 Å². The predicted octanol–water partition coefficient (Wildman–Crippen LogP) is 2.49. The second kappa shape index (κ2) is 6.57. The number of aryl methyl sites for hydroxylation is 1. The molecule has 1 saturated heterocycles. The molecule has 1 aliphatic heterocycles. The van der Waals surface area contributed by atoms with Gasteiger partial charge in [0, 0.05) is 13.1 Å². The van der Waals surface area contributed by atoms with Gasteiger partial charge in [-0.05, 0) is 24.5 Å². The molecule has 0 aliphatic carbocycles. The third-order valence-electron chi connectivity index (χ3n) is 3.42. The Kier molecular flexibility index (Phi) is 4.80. The molecule has 1 heterocycles. The monoisotopic (exact) mass is 262 g/mol. The number of nitrogens with zero attached hydrogens (tertiary/aromatic N) is 1. The molecule has 1 unspecified atom stereocenters. The third-order valence-corrected chi connectivity index (χ3v) is 3.42. The SMILES string of the molecule is CCCNC(=O)N1CCOC(c2ccccc2C)C1. The van der Waals surface area contributed by atoms with Gasteiger partial charge in [-0.15, -0.1) is 0 Å². The lowest BCUT2D eigenvalue weighted by Gasteiger charge is -2.33. The number of carbonyl (C=O) groups excluding carboxylic acids is 1. The number of ether oxygens (including phenoxy) is 1. The summed E-state index contributed by atoms with van der Waals surface area (Å²) in [7, 11) is 0. The molecule has 2 rings (SSSR count). The highest BCUT2D eigenvalue weighted by atomic mass is 16.5. The Balaban J connectivity index is 2.01. The van der Waals surface area contributed by atoms with Crippen molar-refractivity contribution >= 4 is 6.03 Å². The molecule has 2 amide bonds. The van der Waals surface area contributed by atoms with Gasteiger partial charge in [-0.1, -0.05) is 31.2 Å². The van der Waals surface area contributed by atoms with Gasteiger partial charge in [0.05, 0.1) is 13.2 Å². The molecule has 1 N–H and O–H groups in total. The van der Waals surface area contributed by atoms with E-state index in [2.05, 4.69) is 31.3 Å². The molecule has 0 bridgehead atoms. The lowest BCUT2D eigenvalue weighted by atomic mass is 10.0. The van der Waals surface area contributed by atoms with Crippen molar-refractivity contribution in [2.45, 2.75) is 26.4 Å². The summed E-state index contributed by atoms with van der Waals surface area (Å²) < 4.78 is 5.81. The topological polar surface area (TPSA) is 41.6 Å². The van der Waals surface area contributed by atoms with Crippen molar-refractivity contribution in [2.24, 2.45) is 0 Å². The summed E-state index contributed by atoms with van der Waals surface area (Å²) in [5.41, 5.74) is 2.39. The van der Waals surface area contributed by atoms with Crippen LogP contribution in [0, 0.1) is 6.92 Å². The summed E-state index contributed by atoms with van der Waals surface area (Å²) >= 11 is 0. The van der Waals surface area contributed by atoms with E-state index in [-0.39, 0.29) is 12.1 Å². The molecule has 1 aliphatic rings. The lowest BCUT2D eigenvalue weighted by Crippen LogP contribution is -2.47. The number of benzene rings is 1. The molecule has 1 aromatic carbocycles. The van der Waals surface area contributed by atoms with Crippen LogP contribution in [-0.2, 0) is 4.74 Å². The number of nitrogens with one attached hydrogen (secondary N) is 1. The zero-order chi connectivity index (χ0) is 13.7. The molecule has 1 aromatic rings. The number of morpholine rings is 1. The third kappa shape index (κ3) is 3.47. The van der Waals surface area contributed by atoms with Gasteiger partial charge in [0.15, 0.2) is 0 Å². The van der Waals surface area contributed by atoms with Crippen molar-refractivity contribution in [2.75, 3.05) is 26.2 Å². The van der Waals surface area contributed by atoms with Crippen LogP contribution in [0.15, 0.2) is 24.3 Å². The van der Waals surface area contributed by atoms with Crippen LogP contribution < -0.4 is 5.32 Å². The van der Waals surface area contributed by atoms with E-state index in [0.29, 0.717) is 19.7 Å². The van der Waals surface area contributed by atoms with Crippen LogP contribution in [0.4, 0.5) is 4.79 Å². The average molecular weight is 262 g/mol. The van der Waals surface area contributed by atoms with Crippen LogP contribution in [0.5, 0.6) is 0 Å². The normalized spacial score (nSPS) is 19.3. The van der Waals surface area contributed by atoms with Gasteiger partial charge in [-0.25, -0.2) is 4.79 Å². The zero-order valence-electron chi connectivity index (χ0n) is 11.7. The fourth-order valence-electron chi connectivity index (χ4n) is 2.31. The van der Waals surface area contributed by atoms with Gasteiger partial charge in [-0.3, -0.25) is 0 Å². The van der Waals surface area contributed by atoms with E-state index in [1.165, 1.54) is 11.1 Å². The molecule has 104 valence electrons. The number of urea groups is 1. The minimum absolute atomic E-state index is 0.0117. The van der Waals surface area contributed by atoms with Crippen LogP contribution in [0.25, 0.3) is 0 Å². The molecule has 0 radical (unpaired) electrons. The molecular formula is C15H22N2O2. The van der Waals surface area contributed by atoms with Gasteiger partial charge >= 0.3 is 6.03 Å². The van der Waals surface area contributed by atoms with Gasteiger partial charge < -0.3 is 15.0 Å². The number of amides is 2. The molecule has 19 heavy (non-hydrogen) atoms. The van der Waals surface area contributed by atoms with E-state index < -0.39 is 0 Å². The van der Waals surface area contributed by atoms with E-state index in [0.717, 1.165) is 13.0 Å². The predicted molar refractivity (Wildman–Crippen MR) is 75.1 cm³/mol. The van der Waals surface area contributed by atoms with Gasteiger partial charge in [-0.2, -0.15) is 0 Å². The highest BCUT2D eigenvalue weighted by Crippen LogP contribution is 2.24. The zero-order valence-corrected chi connectivity index (χ0v) is 11.7. The fraction of sp³-hybridized carbons (Fsp3) is 0.533. The van der Waals surface area contributed by atoms with Gasteiger partial charge in [0.25, 0.3) is 0 Å². The van der Waals surface area contributed by atoms with Crippen LogP contribution in [0.2, 0.25) is 0 Å². The summed E-state index contributed by atoms with van der Waals surface area (Å²) in [5, 5.41) is 2.92. The fourth-order valence-corrected chi connectivity index (χ4v) is 2.31. The molecule has 1 atom stereocenters. The number of rotatable bonds is 3. The first-order chi connectivity index (χ1) is 9.22. The molecule has 1 fully saturated rings. The Hall–Kier alpha value is -1.55. The van der Waals surface area contributed by atoms with Crippen molar-refractivity contribution in [3.8, 4) is 0 Å². The van der Waals surface area contributed by atoms with Crippen LogP contribution in [0.3, 0.4) is 0 Å². The van der Waals surface area contributed by atoms with Gasteiger partial charge in [0.1, 0.15) is 6.10 Å². The molecule has 4 heteroatoms. The standard InChI is InChI=1S/C15H22N2O2/c1-3-8-16-15(18)17-9-10-19-14(11-17)13-7-5-4-6-12(13)2/h4-7,14H,3,8-11H2,1-2H3,(H,16,18). The number of carbonyl (C=O) groups is 1. The van der Waals surface area contributed by atoms with Crippen molar-refractivity contribution in [1.82, 2.24) is 10.2 Å². The van der Waals surface area contributed by atoms with E-state index >= 15 is 0 Å². The molecular weight excluding hydrogens is 240 g/mol. The maximum absolute atomic E-state index is 12.0. The van der Waals surface area contributed by atoms with Gasteiger partial charge in [0.2, 0.25) is 0 Å².